The first-order chi connectivity index (χ1) is 22.0. The van der Waals surface area contributed by atoms with Crippen molar-refractivity contribution < 1.29 is 0 Å². The molecule has 0 unspecified atom stereocenters. The Morgan fingerprint density at radius 3 is 1.96 bits per heavy atom. The molecule has 0 N–H and O–H groups in total. The van der Waals surface area contributed by atoms with Crippen LogP contribution in [0.25, 0.3) is 82.0 Å². The zero-order valence-corrected chi connectivity index (χ0v) is 26.5. The van der Waals surface area contributed by atoms with Crippen LogP contribution in [0.4, 0.5) is 0 Å². The highest BCUT2D eigenvalue weighted by atomic mass is 79.9. The van der Waals surface area contributed by atoms with Crippen molar-refractivity contribution in [3.8, 4) is 16.9 Å². The molecule has 10 rings (SSSR count). The summed E-state index contributed by atoms with van der Waals surface area (Å²) in [5, 5.41) is 11.6. The van der Waals surface area contributed by atoms with Gasteiger partial charge in [0.2, 0.25) is 0 Å². The molecule has 9 aromatic rings. The van der Waals surface area contributed by atoms with E-state index in [0.29, 0.717) is 0 Å². The molecule has 1 aliphatic rings. The summed E-state index contributed by atoms with van der Waals surface area (Å²) < 4.78 is 3.49. The molecule has 2 aromatic heterocycles. The van der Waals surface area contributed by atoms with Crippen molar-refractivity contribution in [1.82, 2.24) is 9.55 Å². The van der Waals surface area contributed by atoms with Gasteiger partial charge in [-0.2, -0.15) is 0 Å². The second kappa shape index (κ2) is 8.80. The molecular weight excluding hydrogens is 612 g/mol. The Morgan fingerprint density at radius 1 is 0.556 bits per heavy atom. The summed E-state index contributed by atoms with van der Waals surface area (Å²) in [4.78, 5) is 5.24. The first kappa shape index (κ1) is 25.3. The van der Waals surface area contributed by atoms with E-state index >= 15 is 0 Å². The number of hydrogen-bond donors (Lipinski definition) is 0. The largest absolute Gasteiger partial charge is 0.293 e. The smallest absolute Gasteiger partial charge is 0.138 e. The maximum atomic E-state index is 5.24. The molecule has 1 aliphatic carbocycles. The van der Waals surface area contributed by atoms with Crippen LogP contribution in [0.1, 0.15) is 25.0 Å². The first-order valence-electron chi connectivity index (χ1n) is 15.5. The minimum Gasteiger partial charge on any atom is -0.293 e. The molecule has 0 aliphatic heterocycles. The van der Waals surface area contributed by atoms with Crippen molar-refractivity contribution in [2.75, 3.05) is 0 Å². The molecule has 45 heavy (non-hydrogen) atoms. The lowest BCUT2D eigenvalue weighted by Gasteiger charge is -2.26. The van der Waals surface area contributed by atoms with Gasteiger partial charge in [0, 0.05) is 26.0 Å². The molecular formula is C42H27BrN2. The van der Waals surface area contributed by atoms with E-state index in [0.717, 1.165) is 26.7 Å². The van der Waals surface area contributed by atoms with Gasteiger partial charge < -0.3 is 0 Å². The Balaban J connectivity index is 1.38. The first-order valence-corrected chi connectivity index (χ1v) is 16.3. The Hall–Kier alpha value is -4.99. The van der Waals surface area contributed by atoms with Crippen LogP contribution in [-0.4, -0.2) is 9.55 Å². The van der Waals surface area contributed by atoms with E-state index in [-0.39, 0.29) is 5.41 Å². The predicted octanol–water partition coefficient (Wildman–Crippen LogP) is 11.9. The van der Waals surface area contributed by atoms with Crippen molar-refractivity contribution in [2.45, 2.75) is 19.3 Å². The van der Waals surface area contributed by atoms with E-state index in [2.05, 4.69) is 162 Å². The number of fused-ring (bicyclic) bond motifs is 15. The van der Waals surface area contributed by atoms with Crippen LogP contribution >= 0.6 is 15.9 Å². The van der Waals surface area contributed by atoms with Gasteiger partial charge in [0.1, 0.15) is 5.82 Å². The lowest BCUT2D eigenvalue weighted by molar-refractivity contribution is 0.670. The fourth-order valence-electron chi connectivity index (χ4n) is 8.35. The number of nitrogens with zero attached hydrogens (tertiary/aromatic N) is 2. The highest BCUT2D eigenvalue weighted by molar-refractivity contribution is 9.10. The average Bonchev–Trinajstić information content (AvgIpc) is 3.52. The molecule has 2 nitrogen and oxygen atoms in total. The van der Waals surface area contributed by atoms with E-state index in [1.54, 1.807) is 0 Å². The molecule has 0 bridgehead atoms. The second-order valence-corrected chi connectivity index (χ2v) is 13.8. The van der Waals surface area contributed by atoms with Gasteiger partial charge in [0.25, 0.3) is 0 Å². The lowest BCUT2D eigenvalue weighted by Crippen LogP contribution is -2.17. The number of halogens is 1. The van der Waals surface area contributed by atoms with Gasteiger partial charge in [0.15, 0.2) is 0 Å². The summed E-state index contributed by atoms with van der Waals surface area (Å²) in [5.41, 5.74) is 8.55. The topological polar surface area (TPSA) is 17.8 Å². The predicted molar refractivity (Wildman–Crippen MR) is 194 cm³/mol. The van der Waals surface area contributed by atoms with Gasteiger partial charge in [0.05, 0.1) is 16.6 Å². The lowest BCUT2D eigenvalue weighted by atomic mass is 9.78. The van der Waals surface area contributed by atoms with Crippen molar-refractivity contribution in [1.29, 1.82) is 0 Å². The molecule has 0 spiro atoms. The standard InChI is InChI=1S/C42H27BrN2/c1-42(2)39-31(18-17-30-28-12-5-4-10-26(28)27-11-6-7-13-29(27)38(30)39)32-19-20-33-34-23-25(43)16-21-36(34)45(41(33)40(32)42)37-22-15-24-9-3-8-14-35(24)44-37/h3-23H,1-2H3. The summed E-state index contributed by atoms with van der Waals surface area (Å²) in [6, 6.07) is 46.6. The Morgan fingerprint density at radius 2 is 1.18 bits per heavy atom. The highest BCUT2D eigenvalue weighted by Gasteiger charge is 2.40. The fraction of sp³-hybridized carbons (Fsp3) is 0.0714. The zero-order chi connectivity index (χ0) is 30.0. The molecule has 3 heteroatoms. The van der Waals surface area contributed by atoms with Gasteiger partial charge in [-0.15, -0.1) is 0 Å². The number of aromatic nitrogens is 2. The van der Waals surface area contributed by atoms with Crippen LogP contribution in [-0.2, 0) is 5.41 Å². The summed E-state index contributed by atoms with van der Waals surface area (Å²) in [7, 11) is 0. The molecule has 2 heterocycles. The molecule has 212 valence electrons. The van der Waals surface area contributed by atoms with Gasteiger partial charge in [-0.1, -0.05) is 121 Å². The SMILES string of the molecule is CC1(C)c2c(ccc3c4ccccc4c4ccccc4c23)-c2ccc3c4cc(Br)ccc4n(-c4ccc5ccccc5n4)c3c21. The second-order valence-electron chi connectivity index (χ2n) is 12.9. The molecule has 0 amide bonds. The van der Waals surface area contributed by atoms with Crippen molar-refractivity contribution in [3.63, 3.8) is 0 Å². The van der Waals surface area contributed by atoms with Gasteiger partial charge >= 0.3 is 0 Å². The molecule has 0 atom stereocenters. The van der Waals surface area contributed by atoms with Gasteiger partial charge in [-0.25, -0.2) is 4.98 Å². The zero-order valence-electron chi connectivity index (χ0n) is 24.9. The van der Waals surface area contributed by atoms with Crippen molar-refractivity contribution in [3.05, 3.63) is 143 Å². The monoisotopic (exact) mass is 638 g/mol. The quantitative estimate of drug-likeness (QED) is 0.163. The van der Waals surface area contributed by atoms with Gasteiger partial charge in [-0.05, 0) is 91.0 Å². The van der Waals surface area contributed by atoms with Crippen LogP contribution in [0.5, 0.6) is 0 Å². The Kier molecular flexibility index (Phi) is 4.96. The van der Waals surface area contributed by atoms with Crippen LogP contribution in [0, 0.1) is 0 Å². The summed E-state index contributed by atoms with van der Waals surface area (Å²) in [6.07, 6.45) is 0. The van der Waals surface area contributed by atoms with Gasteiger partial charge in [-0.3, -0.25) is 4.57 Å². The fourth-order valence-corrected chi connectivity index (χ4v) is 8.71. The van der Waals surface area contributed by atoms with E-state index < -0.39 is 0 Å². The third-order valence-corrected chi connectivity index (χ3v) is 10.6. The average molecular weight is 640 g/mol. The molecule has 0 saturated carbocycles. The number of para-hydroxylation sites is 1. The maximum absolute atomic E-state index is 5.24. The number of pyridine rings is 1. The third-order valence-electron chi connectivity index (χ3n) is 10.2. The van der Waals surface area contributed by atoms with Crippen LogP contribution in [0.3, 0.4) is 0 Å². The summed E-state index contributed by atoms with van der Waals surface area (Å²) in [5.74, 6) is 0.942. The minimum absolute atomic E-state index is 0.269. The summed E-state index contributed by atoms with van der Waals surface area (Å²) in [6.45, 7) is 4.85. The Labute approximate surface area is 268 Å². The highest BCUT2D eigenvalue weighted by Crippen LogP contribution is 2.56. The minimum atomic E-state index is -0.269. The van der Waals surface area contributed by atoms with Crippen LogP contribution in [0.2, 0.25) is 0 Å². The van der Waals surface area contributed by atoms with E-state index in [1.807, 2.05) is 0 Å². The number of benzene rings is 7. The van der Waals surface area contributed by atoms with Crippen LogP contribution in [0.15, 0.2) is 132 Å². The van der Waals surface area contributed by atoms with Crippen molar-refractivity contribution in [2.24, 2.45) is 0 Å². The van der Waals surface area contributed by atoms with Crippen molar-refractivity contribution >= 4 is 81.0 Å². The van der Waals surface area contributed by atoms with Crippen LogP contribution < -0.4 is 0 Å². The van der Waals surface area contributed by atoms with E-state index in [1.165, 1.54) is 70.9 Å². The maximum Gasteiger partial charge on any atom is 0.138 e. The molecule has 0 saturated heterocycles. The number of rotatable bonds is 1. The summed E-state index contributed by atoms with van der Waals surface area (Å²) >= 11 is 3.77. The third kappa shape index (κ3) is 3.26. The van der Waals surface area contributed by atoms with E-state index in [9.17, 15) is 0 Å². The normalized spacial score (nSPS) is 13.8. The molecule has 0 fully saturated rings. The number of hydrogen-bond acceptors (Lipinski definition) is 1. The molecule has 0 radical (unpaired) electrons. The van der Waals surface area contributed by atoms with E-state index in [4.69, 9.17) is 4.98 Å². The molecule has 7 aromatic carbocycles. The Bertz CT molecular complexity index is 2710.